The number of nitrogens with zero attached hydrogens (tertiary/aromatic N) is 1. The molecule has 0 radical (unpaired) electrons. The summed E-state index contributed by atoms with van der Waals surface area (Å²) in [7, 11) is 0. The third kappa shape index (κ3) is 3.30. The molecule has 0 bridgehead atoms. The van der Waals surface area contributed by atoms with Gasteiger partial charge in [-0.1, -0.05) is 12.1 Å². The molecular formula is C21H24F2N4O3. The maximum atomic E-state index is 13.5. The van der Waals surface area contributed by atoms with Crippen molar-refractivity contribution in [1.82, 2.24) is 20.9 Å². The maximum Gasteiger partial charge on any atom is 0.268 e. The molecule has 30 heavy (non-hydrogen) atoms. The van der Waals surface area contributed by atoms with Gasteiger partial charge in [-0.25, -0.2) is 8.78 Å². The minimum Gasteiger partial charge on any atom is -0.322 e. The van der Waals surface area contributed by atoms with Gasteiger partial charge in [-0.2, -0.15) is 0 Å². The number of carbonyl (C=O) groups excluding carboxylic acids is 3. The SMILES string of the molecule is O=C1CCC(N2Cc3ccc(CNC[C@H]4CCC5C(N4)C5(F)F)cc3C2=O)C(=O)N1. The van der Waals surface area contributed by atoms with Gasteiger partial charge < -0.3 is 15.5 Å². The van der Waals surface area contributed by atoms with Crippen LogP contribution in [-0.4, -0.2) is 53.2 Å². The van der Waals surface area contributed by atoms with Crippen LogP contribution in [0.5, 0.6) is 0 Å². The molecule has 2 saturated heterocycles. The van der Waals surface area contributed by atoms with Crippen LogP contribution in [0.1, 0.15) is 47.2 Å². The molecule has 7 nitrogen and oxygen atoms in total. The molecule has 1 aromatic carbocycles. The molecule has 9 heteroatoms. The Morgan fingerprint density at radius 2 is 2.00 bits per heavy atom. The summed E-state index contributed by atoms with van der Waals surface area (Å²) in [5, 5.41) is 8.63. The van der Waals surface area contributed by atoms with E-state index in [-0.39, 0.29) is 24.3 Å². The van der Waals surface area contributed by atoms with Gasteiger partial charge in [0.2, 0.25) is 11.8 Å². The van der Waals surface area contributed by atoms with Gasteiger partial charge in [-0.05, 0) is 36.5 Å². The van der Waals surface area contributed by atoms with Crippen LogP contribution in [0.15, 0.2) is 18.2 Å². The molecule has 0 spiro atoms. The third-order valence-corrected chi connectivity index (χ3v) is 6.76. The minimum atomic E-state index is -2.55. The average molecular weight is 418 g/mol. The van der Waals surface area contributed by atoms with Gasteiger partial charge in [0.05, 0.1) is 6.04 Å². The zero-order valence-electron chi connectivity index (χ0n) is 16.4. The van der Waals surface area contributed by atoms with E-state index in [0.717, 1.165) is 17.5 Å². The summed E-state index contributed by atoms with van der Waals surface area (Å²) in [5.41, 5.74) is 2.37. The predicted molar refractivity (Wildman–Crippen MR) is 103 cm³/mol. The van der Waals surface area contributed by atoms with E-state index in [1.807, 2.05) is 18.2 Å². The Kier molecular flexibility index (Phi) is 4.62. The van der Waals surface area contributed by atoms with Crippen LogP contribution < -0.4 is 16.0 Å². The van der Waals surface area contributed by atoms with Crippen LogP contribution in [0, 0.1) is 5.92 Å². The van der Waals surface area contributed by atoms with Crippen molar-refractivity contribution in [3.8, 4) is 0 Å². The Balaban J connectivity index is 1.17. The molecule has 1 aromatic rings. The highest BCUT2D eigenvalue weighted by atomic mass is 19.3. The summed E-state index contributed by atoms with van der Waals surface area (Å²) in [6.45, 7) is 1.48. The van der Waals surface area contributed by atoms with E-state index in [0.29, 0.717) is 38.0 Å². The lowest BCUT2D eigenvalue weighted by Gasteiger charge is -2.29. The van der Waals surface area contributed by atoms with Crippen molar-refractivity contribution in [3.05, 3.63) is 34.9 Å². The van der Waals surface area contributed by atoms with Gasteiger partial charge in [0.15, 0.2) is 0 Å². The first-order valence-corrected chi connectivity index (χ1v) is 10.5. The first-order valence-electron chi connectivity index (χ1n) is 10.5. The van der Waals surface area contributed by atoms with Gasteiger partial charge in [0, 0.05) is 43.6 Å². The Bertz CT molecular complexity index is 922. The van der Waals surface area contributed by atoms with E-state index in [9.17, 15) is 23.2 Å². The van der Waals surface area contributed by atoms with Crippen molar-refractivity contribution in [3.63, 3.8) is 0 Å². The molecule has 3 fully saturated rings. The topological polar surface area (TPSA) is 90.5 Å². The van der Waals surface area contributed by atoms with Gasteiger partial charge in [0.1, 0.15) is 6.04 Å². The van der Waals surface area contributed by atoms with E-state index in [2.05, 4.69) is 16.0 Å². The second-order valence-corrected chi connectivity index (χ2v) is 8.72. The molecule has 4 aliphatic rings. The summed E-state index contributed by atoms with van der Waals surface area (Å²) in [4.78, 5) is 37.9. The number of alkyl halides is 2. The first-order chi connectivity index (χ1) is 14.3. The maximum absolute atomic E-state index is 13.5. The Labute approximate surface area is 172 Å². The highest BCUT2D eigenvalue weighted by molar-refractivity contribution is 6.05. The third-order valence-electron chi connectivity index (χ3n) is 6.76. The van der Waals surface area contributed by atoms with Gasteiger partial charge in [-0.15, -0.1) is 0 Å². The monoisotopic (exact) mass is 418 g/mol. The highest BCUT2D eigenvalue weighted by Crippen LogP contribution is 2.53. The number of imide groups is 1. The second-order valence-electron chi connectivity index (χ2n) is 8.72. The largest absolute Gasteiger partial charge is 0.322 e. The Hall–Kier alpha value is -2.39. The molecule has 160 valence electrons. The van der Waals surface area contributed by atoms with Gasteiger partial charge in [-0.3, -0.25) is 19.7 Å². The number of halogens is 2. The summed E-state index contributed by atoms with van der Waals surface area (Å²) >= 11 is 0. The average Bonchev–Trinajstić information content (AvgIpc) is 3.10. The molecule has 1 aliphatic carbocycles. The highest BCUT2D eigenvalue weighted by Gasteiger charge is 2.69. The summed E-state index contributed by atoms with van der Waals surface area (Å²) in [6.07, 6.45) is 1.86. The quantitative estimate of drug-likeness (QED) is 0.619. The number of carbonyl (C=O) groups is 3. The lowest BCUT2D eigenvalue weighted by atomic mass is 10.0. The predicted octanol–water partition coefficient (Wildman–Crippen LogP) is 0.923. The van der Waals surface area contributed by atoms with E-state index < -0.39 is 29.8 Å². The van der Waals surface area contributed by atoms with Crippen LogP contribution in [0.4, 0.5) is 8.78 Å². The number of rotatable bonds is 5. The van der Waals surface area contributed by atoms with E-state index in [1.165, 1.54) is 4.90 Å². The summed E-state index contributed by atoms with van der Waals surface area (Å²) in [5.74, 6) is -3.97. The number of benzene rings is 1. The van der Waals surface area contributed by atoms with Crippen LogP contribution in [0.3, 0.4) is 0 Å². The molecule has 1 saturated carbocycles. The van der Waals surface area contributed by atoms with Crippen LogP contribution in [0.2, 0.25) is 0 Å². The van der Waals surface area contributed by atoms with Crippen LogP contribution >= 0.6 is 0 Å². The number of hydrogen-bond donors (Lipinski definition) is 3. The van der Waals surface area contributed by atoms with Crippen LogP contribution in [-0.2, 0) is 22.7 Å². The van der Waals surface area contributed by atoms with Gasteiger partial charge in [0.25, 0.3) is 11.8 Å². The molecule has 0 aromatic heterocycles. The zero-order chi connectivity index (χ0) is 21.0. The number of nitrogens with one attached hydrogen (secondary N) is 3. The van der Waals surface area contributed by atoms with E-state index >= 15 is 0 Å². The van der Waals surface area contributed by atoms with Crippen molar-refractivity contribution in [2.45, 2.75) is 62.8 Å². The minimum absolute atomic E-state index is 0.0266. The Morgan fingerprint density at radius 3 is 2.77 bits per heavy atom. The Morgan fingerprint density at radius 1 is 1.17 bits per heavy atom. The van der Waals surface area contributed by atoms with Crippen molar-refractivity contribution in [1.29, 1.82) is 0 Å². The van der Waals surface area contributed by atoms with Crippen molar-refractivity contribution in [2.75, 3.05) is 6.54 Å². The smallest absolute Gasteiger partial charge is 0.268 e. The van der Waals surface area contributed by atoms with Crippen molar-refractivity contribution >= 4 is 17.7 Å². The number of amides is 3. The molecular weight excluding hydrogens is 394 g/mol. The molecule has 3 heterocycles. The van der Waals surface area contributed by atoms with E-state index in [4.69, 9.17) is 0 Å². The zero-order valence-corrected chi connectivity index (χ0v) is 16.4. The molecule has 4 atom stereocenters. The fourth-order valence-electron chi connectivity index (χ4n) is 4.96. The van der Waals surface area contributed by atoms with Gasteiger partial charge >= 0.3 is 0 Å². The second kappa shape index (κ2) is 7.09. The molecule has 3 unspecified atom stereocenters. The normalized spacial score (nSPS) is 31.9. The number of fused-ring (bicyclic) bond motifs is 2. The van der Waals surface area contributed by atoms with E-state index in [1.54, 1.807) is 0 Å². The van der Waals surface area contributed by atoms with Crippen molar-refractivity contribution in [2.24, 2.45) is 5.92 Å². The number of piperidine rings is 2. The van der Waals surface area contributed by atoms with Crippen LogP contribution in [0.25, 0.3) is 0 Å². The molecule has 3 amide bonds. The lowest BCUT2D eigenvalue weighted by Crippen LogP contribution is -2.52. The standard InChI is InChI=1S/C21H24F2N4O3/c22-21(23)15-4-3-13(25-18(15)21)9-24-8-11-1-2-12-10-27(20(30)14(12)7-11)16-5-6-17(28)26-19(16)29/h1-2,7,13,15-16,18,24-25H,3-6,8-10H2,(H,26,28,29)/t13-,15?,16?,18?/m1/s1. The fourth-order valence-corrected chi connectivity index (χ4v) is 4.96. The first kappa shape index (κ1) is 19.6. The summed E-state index contributed by atoms with van der Waals surface area (Å²) < 4.78 is 26.9. The fraction of sp³-hybridized carbons (Fsp3) is 0.571. The molecule has 3 aliphatic heterocycles. The molecule has 3 N–H and O–H groups in total. The summed E-state index contributed by atoms with van der Waals surface area (Å²) in [6, 6.07) is 4.39. The van der Waals surface area contributed by atoms with Crippen molar-refractivity contribution < 1.29 is 23.2 Å². The lowest BCUT2D eigenvalue weighted by molar-refractivity contribution is -0.136. The molecule has 5 rings (SSSR count). The number of hydrogen-bond acceptors (Lipinski definition) is 5.